The third-order valence-electron chi connectivity index (χ3n) is 3.97. The van der Waals surface area contributed by atoms with Crippen LogP contribution in [-0.2, 0) is 11.3 Å². The highest BCUT2D eigenvalue weighted by Gasteiger charge is 2.16. The van der Waals surface area contributed by atoms with E-state index in [-0.39, 0.29) is 30.3 Å². The lowest BCUT2D eigenvalue weighted by Crippen LogP contribution is -2.38. The van der Waals surface area contributed by atoms with Crippen molar-refractivity contribution in [1.29, 1.82) is 0 Å². The van der Waals surface area contributed by atoms with E-state index in [0.29, 0.717) is 6.54 Å². The van der Waals surface area contributed by atoms with Gasteiger partial charge >= 0.3 is 0 Å². The van der Waals surface area contributed by atoms with Gasteiger partial charge in [-0.2, -0.15) is 0 Å². The number of nitrogens with one attached hydrogen (secondary N) is 1. The summed E-state index contributed by atoms with van der Waals surface area (Å²) in [4.78, 5) is 11.9. The monoisotopic (exact) mass is 332 g/mol. The first-order valence-electron chi connectivity index (χ1n) is 7.66. The molecule has 23 heavy (non-hydrogen) atoms. The minimum Gasteiger partial charge on any atom is -0.352 e. The van der Waals surface area contributed by atoms with Gasteiger partial charge < -0.3 is 11.1 Å². The Labute approximate surface area is 144 Å². The van der Waals surface area contributed by atoms with Crippen molar-refractivity contribution in [2.75, 3.05) is 0 Å². The molecule has 3 N–H and O–H groups in total. The maximum atomic E-state index is 11.9. The number of rotatable bonds is 5. The highest BCUT2D eigenvalue weighted by Crippen LogP contribution is 2.20. The molecule has 2 unspecified atom stereocenters. The SMILES string of the molecule is Cc1cccc(-c2ccc(CNC(=O)C(C)C(C)N)cc2)c1.Cl. The van der Waals surface area contributed by atoms with Gasteiger partial charge in [0.1, 0.15) is 0 Å². The minimum absolute atomic E-state index is 0. The number of benzene rings is 2. The van der Waals surface area contributed by atoms with Gasteiger partial charge in [0.25, 0.3) is 0 Å². The fraction of sp³-hybridized carbons (Fsp3) is 0.316. The zero-order valence-electron chi connectivity index (χ0n) is 13.9. The number of nitrogens with two attached hydrogens (primary N) is 1. The highest BCUT2D eigenvalue weighted by atomic mass is 35.5. The summed E-state index contributed by atoms with van der Waals surface area (Å²) < 4.78 is 0. The summed E-state index contributed by atoms with van der Waals surface area (Å²) in [5.41, 5.74) is 10.5. The Morgan fingerprint density at radius 1 is 1.09 bits per heavy atom. The number of hydrogen-bond donors (Lipinski definition) is 2. The Morgan fingerprint density at radius 3 is 2.30 bits per heavy atom. The van der Waals surface area contributed by atoms with Crippen LogP contribution in [0.4, 0.5) is 0 Å². The Balaban J connectivity index is 0.00000264. The molecule has 0 heterocycles. The molecule has 4 heteroatoms. The van der Waals surface area contributed by atoms with Crippen molar-refractivity contribution in [2.24, 2.45) is 11.7 Å². The molecule has 0 saturated heterocycles. The Bertz CT molecular complexity index is 638. The topological polar surface area (TPSA) is 55.1 Å². The Hall–Kier alpha value is -1.84. The number of hydrogen-bond acceptors (Lipinski definition) is 2. The quantitative estimate of drug-likeness (QED) is 0.877. The Morgan fingerprint density at radius 2 is 1.74 bits per heavy atom. The second kappa shape index (κ2) is 8.70. The molecule has 0 spiro atoms. The van der Waals surface area contributed by atoms with Crippen LogP contribution in [0.3, 0.4) is 0 Å². The van der Waals surface area contributed by atoms with E-state index >= 15 is 0 Å². The largest absolute Gasteiger partial charge is 0.352 e. The van der Waals surface area contributed by atoms with Gasteiger partial charge in [0.05, 0.1) is 0 Å². The van der Waals surface area contributed by atoms with Crippen molar-refractivity contribution in [3.8, 4) is 11.1 Å². The van der Waals surface area contributed by atoms with E-state index in [2.05, 4.69) is 60.8 Å². The molecule has 124 valence electrons. The summed E-state index contributed by atoms with van der Waals surface area (Å²) in [5, 5.41) is 2.93. The lowest BCUT2D eigenvalue weighted by atomic mass is 10.0. The lowest BCUT2D eigenvalue weighted by Gasteiger charge is -2.15. The number of carbonyl (C=O) groups excluding carboxylic acids is 1. The van der Waals surface area contributed by atoms with Gasteiger partial charge in [0, 0.05) is 18.5 Å². The normalized spacial score (nSPS) is 12.9. The molecular weight excluding hydrogens is 308 g/mol. The molecule has 2 atom stereocenters. The van der Waals surface area contributed by atoms with E-state index in [1.807, 2.05) is 13.8 Å². The Kier molecular flexibility index (Phi) is 7.27. The maximum absolute atomic E-state index is 11.9. The van der Waals surface area contributed by atoms with Crippen LogP contribution in [0.1, 0.15) is 25.0 Å². The van der Waals surface area contributed by atoms with Gasteiger partial charge in [-0.1, -0.05) is 61.0 Å². The predicted molar refractivity (Wildman–Crippen MR) is 98.5 cm³/mol. The van der Waals surface area contributed by atoms with E-state index in [4.69, 9.17) is 5.73 Å². The summed E-state index contributed by atoms with van der Waals surface area (Å²) >= 11 is 0. The first kappa shape index (κ1) is 19.2. The van der Waals surface area contributed by atoms with Crippen LogP contribution in [0.25, 0.3) is 11.1 Å². The third kappa shape index (κ3) is 5.38. The van der Waals surface area contributed by atoms with Gasteiger partial charge in [0.15, 0.2) is 0 Å². The summed E-state index contributed by atoms with van der Waals surface area (Å²) in [6.45, 7) is 6.32. The van der Waals surface area contributed by atoms with Crippen LogP contribution in [-0.4, -0.2) is 11.9 Å². The zero-order chi connectivity index (χ0) is 16.1. The molecule has 0 bridgehead atoms. The van der Waals surface area contributed by atoms with Crippen LogP contribution in [0, 0.1) is 12.8 Å². The number of aryl methyl sites for hydroxylation is 1. The second-order valence-electron chi connectivity index (χ2n) is 5.93. The predicted octanol–water partition coefficient (Wildman–Crippen LogP) is 3.68. The second-order valence-corrected chi connectivity index (χ2v) is 5.93. The van der Waals surface area contributed by atoms with Crippen LogP contribution in [0.5, 0.6) is 0 Å². The van der Waals surface area contributed by atoms with Crippen molar-refractivity contribution in [1.82, 2.24) is 5.32 Å². The molecule has 2 aromatic carbocycles. The van der Waals surface area contributed by atoms with Crippen molar-refractivity contribution in [3.05, 3.63) is 59.7 Å². The molecule has 0 saturated carbocycles. The molecule has 3 nitrogen and oxygen atoms in total. The molecular formula is C19H25ClN2O. The van der Waals surface area contributed by atoms with E-state index in [0.717, 1.165) is 5.56 Å². The number of amides is 1. The zero-order valence-corrected chi connectivity index (χ0v) is 14.7. The van der Waals surface area contributed by atoms with Gasteiger partial charge in [-0.3, -0.25) is 4.79 Å². The van der Waals surface area contributed by atoms with Crippen molar-refractivity contribution in [3.63, 3.8) is 0 Å². The van der Waals surface area contributed by atoms with Crippen molar-refractivity contribution in [2.45, 2.75) is 33.4 Å². The summed E-state index contributed by atoms with van der Waals surface area (Å²) in [5.74, 6) is -0.177. The molecule has 0 aliphatic heterocycles. The van der Waals surface area contributed by atoms with Crippen molar-refractivity contribution < 1.29 is 4.79 Å². The molecule has 0 aliphatic carbocycles. The standard InChI is InChI=1S/C19H24N2O.ClH/c1-13-5-4-6-18(11-13)17-9-7-16(8-10-17)12-21-19(22)14(2)15(3)20;/h4-11,14-15H,12,20H2,1-3H3,(H,21,22);1H. The average molecular weight is 333 g/mol. The lowest BCUT2D eigenvalue weighted by molar-refractivity contribution is -0.125. The third-order valence-corrected chi connectivity index (χ3v) is 3.97. The summed E-state index contributed by atoms with van der Waals surface area (Å²) in [7, 11) is 0. The van der Waals surface area contributed by atoms with Gasteiger partial charge in [-0.05, 0) is 30.5 Å². The first-order chi connectivity index (χ1) is 10.5. The van der Waals surface area contributed by atoms with Gasteiger partial charge in [-0.15, -0.1) is 12.4 Å². The number of halogens is 1. The molecule has 0 fully saturated rings. The van der Waals surface area contributed by atoms with E-state index in [1.54, 1.807) is 0 Å². The first-order valence-corrected chi connectivity index (χ1v) is 7.66. The van der Waals surface area contributed by atoms with Crippen LogP contribution in [0.2, 0.25) is 0 Å². The van der Waals surface area contributed by atoms with Gasteiger partial charge in [-0.25, -0.2) is 0 Å². The highest BCUT2D eigenvalue weighted by molar-refractivity contribution is 5.85. The van der Waals surface area contributed by atoms with Crippen LogP contribution < -0.4 is 11.1 Å². The van der Waals surface area contributed by atoms with E-state index < -0.39 is 0 Å². The van der Waals surface area contributed by atoms with Gasteiger partial charge in [0.2, 0.25) is 5.91 Å². The molecule has 1 amide bonds. The van der Waals surface area contributed by atoms with E-state index in [1.165, 1.54) is 16.7 Å². The van der Waals surface area contributed by atoms with Crippen molar-refractivity contribution >= 4 is 18.3 Å². The minimum atomic E-state index is -0.174. The fourth-order valence-corrected chi connectivity index (χ4v) is 2.23. The van der Waals surface area contributed by atoms with E-state index in [9.17, 15) is 4.79 Å². The number of carbonyl (C=O) groups is 1. The molecule has 0 radical (unpaired) electrons. The smallest absolute Gasteiger partial charge is 0.224 e. The van der Waals surface area contributed by atoms with Crippen LogP contribution in [0.15, 0.2) is 48.5 Å². The average Bonchev–Trinajstić information content (AvgIpc) is 2.52. The molecule has 2 aromatic rings. The molecule has 0 aromatic heterocycles. The summed E-state index contributed by atoms with van der Waals surface area (Å²) in [6.07, 6.45) is 0. The van der Waals surface area contributed by atoms with Crippen LogP contribution >= 0.6 is 12.4 Å². The fourth-order valence-electron chi connectivity index (χ4n) is 2.23. The molecule has 2 rings (SSSR count). The summed E-state index contributed by atoms with van der Waals surface area (Å²) in [6, 6.07) is 16.6. The maximum Gasteiger partial charge on any atom is 0.224 e. The molecule has 0 aliphatic rings.